The molecule has 0 unspecified atom stereocenters. The highest BCUT2D eigenvalue weighted by atomic mass is 32.2. The normalized spacial score (nSPS) is 10.4. The number of aryl methyl sites for hydroxylation is 1. The Morgan fingerprint density at radius 1 is 1.00 bits per heavy atom. The van der Waals surface area contributed by atoms with Gasteiger partial charge in [-0.1, -0.05) is 49.4 Å². The van der Waals surface area contributed by atoms with Crippen molar-refractivity contribution >= 4 is 11.8 Å². The zero-order chi connectivity index (χ0) is 11.4. The van der Waals surface area contributed by atoms with E-state index in [0.29, 0.717) is 0 Å². The quantitative estimate of drug-likeness (QED) is 0.690. The predicted octanol–water partition coefficient (Wildman–Crippen LogP) is 4.64. The molecular weight excluding hydrogens is 212 g/mol. The van der Waals surface area contributed by atoms with E-state index in [1.165, 1.54) is 21.6 Å². The van der Waals surface area contributed by atoms with Crippen molar-refractivity contribution in [3.63, 3.8) is 0 Å². The largest absolute Gasteiger partial charge is 0.129 e. The average Bonchev–Trinajstić information content (AvgIpc) is 2.39. The maximum atomic E-state index is 2.31. The van der Waals surface area contributed by atoms with Crippen molar-refractivity contribution in [2.24, 2.45) is 0 Å². The van der Waals surface area contributed by atoms with Crippen molar-refractivity contribution in [3.05, 3.63) is 54.1 Å². The van der Waals surface area contributed by atoms with Gasteiger partial charge in [0, 0.05) is 4.90 Å². The molecule has 0 heterocycles. The van der Waals surface area contributed by atoms with E-state index in [2.05, 4.69) is 61.7 Å². The molecular formula is C15H16S. The minimum absolute atomic E-state index is 1.09. The summed E-state index contributed by atoms with van der Waals surface area (Å²) in [5.74, 6) is 0. The number of hydrogen-bond acceptors (Lipinski definition) is 1. The Hall–Kier alpha value is -1.21. The van der Waals surface area contributed by atoms with Gasteiger partial charge in [0.1, 0.15) is 0 Å². The van der Waals surface area contributed by atoms with Gasteiger partial charge in [-0.15, -0.1) is 11.8 Å². The van der Waals surface area contributed by atoms with Crippen molar-refractivity contribution < 1.29 is 0 Å². The van der Waals surface area contributed by atoms with Crippen LogP contribution in [0, 0.1) is 0 Å². The molecule has 0 aliphatic heterocycles. The topological polar surface area (TPSA) is 0 Å². The Bertz CT molecular complexity index is 460. The molecule has 0 amide bonds. The summed E-state index contributed by atoms with van der Waals surface area (Å²) in [5.41, 5.74) is 4.06. The van der Waals surface area contributed by atoms with Crippen LogP contribution < -0.4 is 0 Å². The molecule has 0 nitrogen and oxygen atoms in total. The highest BCUT2D eigenvalue weighted by molar-refractivity contribution is 7.98. The van der Waals surface area contributed by atoms with E-state index in [0.717, 1.165) is 6.42 Å². The lowest BCUT2D eigenvalue weighted by atomic mass is 10.0. The molecule has 0 aromatic heterocycles. The fourth-order valence-corrected chi connectivity index (χ4v) is 2.42. The van der Waals surface area contributed by atoms with Crippen LogP contribution in [-0.2, 0) is 6.42 Å². The molecule has 2 aromatic carbocycles. The molecule has 16 heavy (non-hydrogen) atoms. The van der Waals surface area contributed by atoms with E-state index < -0.39 is 0 Å². The number of hydrogen-bond donors (Lipinski definition) is 0. The Labute approximate surface area is 102 Å². The molecule has 0 N–H and O–H groups in total. The van der Waals surface area contributed by atoms with Crippen molar-refractivity contribution in [2.75, 3.05) is 6.26 Å². The first-order chi connectivity index (χ1) is 7.85. The Kier molecular flexibility index (Phi) is 3.68. The zero-order valence-electron chi connectivity index (χ0n) is 9.73. The third-order valence-electron chi connectivity index (χ3n) is 2.76. The van der Waals surface area contributed by atoms with Gasteiger partial charge in [-0.25, -0.2) is 0 Å². The zero-order valence-corrected chi connectivity index (χ0v) is 10.6. The van der Waals surface area contributed by atoms with Crippen LogP contribution in [-0.4, -0.2) is 6.26 Å². The second-order valence-corrected chi connectivity index (χ2v) is 4.60. The summed E-state index contributed by atoms with van der Waals surface area (Å²) in [5, 5.41) is 0. The van der Waals surface area contributed by atoms with Crippen molar-refractivity contribution in [2.45, 2.75) is 18.2 Å². The molecule has 0 atom stereocenters. The summed E-state index contributed by atoms with van der Waals surface area (Å²) in [4.78, 5) is 1.35. The van der Waals surface area contributed by atoms with E-state index >= 15 is 0 Å². The van der Waals surface area contributed by atoms with Crippen LogP contribution in [0.4, 0.5) is 0 Å². The third-order valence-corrected chi connectivity index (χ3v) is 3.55. The summed E-state index contributed by atoms with van der Waals surface area (Å²) < 4.78 is 0. The van der Waals surface area contributed by atoms with E-state index in [9.17, 15) is 0 Å². The van der Waals surface area contributed by atoms with Crippen LogP contribution in [0.2, 0.25) is 0 Å². The fourth-order valence-electron chi connectivity index (χ4n) is 1.82. The molecule has 82 valence electrons. The van der Waals surface area contributed by atoms with E-state index in [4.69, 9.17) is 0 Å². The van der Waals surface area contributed by atoms with Gasteiger partial charge in [0.25, 0.3) is 0 Å². The molecule has 0 bridgehead atoms. The van der Waals surface area contributed by atoms with Gasteiger partial charge in [-0.05, 0) is 35.4 Å². The van der Waals surface area contributed by atoms with Crippen molar-refractivity contribution in [1.29, 1.82) is 0 Å². The van der Waals surface area contributed by atoms with Crippen molar-refractivity contribution in [3.8, 4) is 11.1 Å². The third kappa shape index (κ3) is 2.30. The molecule has 0 saturated carbocycles. The van der Waals surface area contributed by atoms with Crippen molar-refractivity contribution in [1.82, 2.24) is 0 Å². The summed E-state index contributed by atoms with van der Waals surface area (Å²) in [7, 11) is 0. The van der Waals surface area contributed by atoms with E-state index in [1.54, 1.807) is 0 Å². The van der Waals surface area contributed by atoms with Crippen LogP contribution in [0.15, 0.2) is 53.4 Å². The first-order valence-corrected chi connectivity index (χ1v) is 6.80. The molecule has 2 aromatic rings. The van der Waals surface area contributed by atoms with Crippen LogP contribution in [0.5, 0.6) is 0 Å². The van der Waals surface area contributed by atoms with Gasteiger partial charge in [-0.3, -0.25) is 0 Å². The van der Waals surface area contributed by atoms with E-state index in [1.807, 2.05) is 11.8 Å². The summed E-state index contributed by atoms with van der Waals surface area (Å²) in [6.07, 6.45) is 3.22. The van der Waals surface area contributed by atoms with Crippen LogP contribution in [0.3, 0.4) is 0 Å². The number of benzene rings is 2. The van der Waals surface area contributed by atoms with Crippen LogP contribution >= 0.6 is 11.8 Å². The second kappa shape index (κ2) is 5.22. The number of thioether (sulfide) groups is 1. The van der Waals surface area contributed by atoms with Gasteiger partial charge < -0.3 is 0 Å². The van der Waals surface area contributed by atoms with E-state index in [-0.39, 0.29) is 0 Å². The van der Waals surface area contributed by atoms with Gasteiger partial charge in [0.2, 0.25) is 0 Å². The maximum absolute atomic E-state index is 2.31. The summed E-state index contributed by atoms with van der Waals surface area (Å²) in [6.45, 7) is 2.20. The predicted molar refractivity (Wildman–Crippen MR) is 73.0 cm³/mol. The van der Waals surface area contributed by atoms with Gasteiger partial charge in [0.15, 0.2) is 0 Å². The lowest BCUT2D eigenvalue weighted by molar-refractivity contribution is 1.13. The Morgan fingerprint density at radius 3 is 2.38 bits per heavy atom. The summed E-state index contributed by atoms with van der Waals surface area (Å²) in [6, 6.07) is 17.4. The minimum Gasteiger partial charge on any atom is -0.129 e. The minimum atomic E-state index is 1.09. The average molecular weight is 228 g/mol. The molecule has 0 aliphatic rings. The molecule has 0 aliphatic carbocycles. The number of rotatable bonds is 3. The first kappa shape index (κ1) is 11.3. The summed E-state index contributed by atoms with van der Waals surface area (Å²) >= 11 is 1.81. The molecule has 2 rings (SSSR count). The first-order valence-electron chi connectivity index (χ1n) is 5.57. The molecule has 1 heteroatoms. The fraction of sp³-hybridized carbons (Fsp3) is 0.200. The Morgan fingerprint density at radius 2 is 1.75 bits per heavy atom. The van der Waals surface area contributed by atoms with Crippen LogP contribution in [0.25, 0.3) is 11.1 Å². The second-order valence-electron chi connectivity index (χ2n) is 3.75. The van der Waals surface area contributed by atoms with Gasteiger partial charge in [0.05, 0.1) is 0 Å². The SMILES string of the molecule is CCc1ccc(SC)c(-c2ccccc2)c1. The van der Waals surface area contributed by atoms with Crippen LogP contribution in [0.1, 0.15) is 12.5 Å². The monoisotopic (exact) mass is 228 g/mol. The smallest absolute Gasteiger partial charge is 0.0148 e. The highest BCUT2D eigenvalue weighted by Gasteiger charge is 2.04. The molecule has 0 radical (unpaired) electrons. The molecule has 0 spiro atoms. The standard InChI is InChI=1S/C15H16S/c1-3-12-9-10-15(16-2)14(11-12)13-7-5-4-6-8-13/h4-11H,3H2,1-2H3. The van der Waals surface area contributed by atoms with Gasteiger partial charge in [-0.2, -0.15) is 0 Å². The maximum Gasteiger partial charge on any atom is 0.0148 e. The molecule has 0 saturated heterocycles. The highest BCUT2D eigenvalue weighted by Crippen LogP contribution is 2.31. The Balaban J connectivity index is 2.53. The lowest BCUT2D eigenvalue weighted by Gasteiger charge is -2.09. The molecule has 0 fully saturated rings. The lowest BCUT2D eigenvalue weighted by Crippen LogP contribution is -1.86. The van der Waals surface area contributed by atoms with Gasteiger partial charge >= 0.3 is 0 Å².